The van der Waals surface area contributed by atoms with Gasteiger partial charge in [-0.2, -0.15) is 0 Å². The number of allylic oxidation sites excluding steroid dienone is 3. The van der Waals surface area contributed by atoms with E-state index >= 15 is 0 Å². The molecule has 1 rings (SSSR count). The van der Waals surface area contributed by atoms with E-state index in [1.807, 2.05) is 0 Å². The van der Waals surface area contributed by atoms with Crippen LogP contribution >= 0.6 is 0 Å². The molecule has 1 unspecified atom stereocenters. The van der Waals surface area contributed by atoms with Gasteiger partial charge in [0.05, 0.1) is 0 Å². The minimum absolute atomic E-state index is 0.252. The van der Waals surface area contributed by atoms with Crippen LogP contribution < -0.4 is 0 Å². The van der Waals surface area contributed by atoms with Gasteiger partial charge >= 0.3 is 0 Å². The third-order valence-electron chi connectivity index (χ3n) is 4.84. The molecule has 0 bridgehead atoms. The highest BCUT2D eigenvalue weighted by atomic mass is 15.2. The Labute approximate surface area is 132 Å². The molecule has 21 heavy (non-hydrogen) atoms. The Bertz CT molecular complexity index is 395. The summed E-state index contributed by atoms with van der Waals surface area (Å²) in [6.07, 6.45) is 5.98. The number of nitrogens with zero attached hydrogens (tertiary/aromatic N) is 1. The van der Waals surface area contributed by atoms with Crippen LogP contribution in [0.15, 0.2) is 36.7 Å². The molecule has 0 saturated carbocycles. The molecule has 1 saturated heterocycles. The SMILES string of the molecule is C=C1CC(C(C)C)C(=C)N1CCCCCC(=C)C(C)(C)C. The molecule has 1 heterocycles. The molecule has 0 aromatic heterocycles. The van der Waals surface area contributed by atoms with Gasteiger partial charge in [-0.25, -0.2) is 0 Å². The number of hydrogen-bond acceptors (Lipinski definition) is 1. The van der Waals surface area contributed by atoms with Crippen molar-refractivity contribution < 1.29 is 0 Å². The third kappa shape index (κ3) is 5.05. The summed E-state index contributed by atoms with van der Waals surface area (Å²) in [5.74, 6) is 1.26. The second-order valence-electron chi connectivity index (χ2n) is 7.93. The topological polar surface area (TPSA) is 3.24 Å². The van der Waals surface area contributed by atoms with E-state index in [1.54, 1.807) is 0 Å². The highest BCUT2D eigenvalue weighted by molar-refractivity contribution is 5.20. The normalized spacial score (nSPS) is 19.7. The zero-order valence-corrected chi connectivity index (χ0v) is 15.0. The van der Waals surface area contributed by atoms with E-state index in [9.17, 15) is 0 Å². The average molecular weight is 290 g/mol. The van der Waals surface area contributed by atoms with E-state index in [0.717, 1.165) is 19.4 Å². The van der Waals surface area contributed by atoms with E-state index in [1.165, 1.54) is 36.2 Å². The van der Waals surface area contributed by atoms with E-state index in [-0.39, 0.29) is 5.41 Å². The molecule has 0 spiro atoms. The first-order chi connectivity index (χ1) is 9.64. The van der Waals surface area contributed by atoms with Crippen LogP contribution in [0.2, 0.25) is 0 Å². The highest BCUT2D eigenvalue weighted by Crippen LogP contribution is 2.38. The van der Waals surface area contributed by atoms with Gasteiger partial charge in [0, 0.05) is 23.9 Å². The fraction of sp³-hybridized carbons (Fsp3) is 0.700. The van der Waals surface area contributed by atoms with Crippen LogP contribution in [0, 0.1) is 17.3 Å². The number of hydrogen-bond donors (Lipinski definition) is 0. The summed E-state index contributed by atoms with van der Waals surface area (Å²) in [4.78, 5) is 2.36. The molecule has 120 valence electrons. The molecule has 0 aromatic rings. The van der Waals surface area contributed by atoms with Crippen molar-refractivity contribution in [3.05, 3.63) is 36.7 Å². The van der Waals surface area contributed by atoms with Crippen molar-refractivity contribution in [1.29, 1.82) is 0 Å². The van der Waals surface area contributed by atoms with Gasteiger partial charge in [-0.3, -0.25) is 0 Å². The lowest BCUT2D eigenvalue weighted by Crippen LogP contribution is -2.19. The first-order valence-electron chi connectivity index (χ1n) is 8.47. The lowest BCUT2D eigenvalue weighted by molar-refractivity contribution is 0.394. The summed E-state index contributed by atoms with van der Waals surface area (Å²) < 4.78 is 0. The fourth-order valence-electron chi connectivity index (χ4n) is 2.97. The summed E-state index contributed by atoms with van der Waals surface area (Å²) in [7, 11) is 0. The smallest absolute Gasteiger partial charge is 0.0224 e. The second kappa shape index (κ2) is 7.33. The maximum atomic E-state index is 4.30. The largest absolute Gasteiger partial charge is 0.349 e. The molecule has 0 N–H and O–H groups in total. The zero-order valence-electron chi connectivity index (χ0n) is 15.0. The Morgan fingerprint density at radius 2 is 1.81 bits per heavy atom. The number of rotatable bonds is 7. The number of unbranched alkanes of at least 4 members (excludes halogenated alkanes) is 2. The molecule has 1 aliphatic heterocycles. The molecular weight excluding hydrogens is 254 g/mol. The first-order valence-corrected chi connectivity index (χ1v) is 8.47. The average Bonchev–Trinajstić information content (AvgIpc) is 2.64. The van der Waals surface area contributed by atoms with Crippen molar-refractivity contribution in [1.82, 2.24) is 4.90 Å². The Kier molecular flexibility index (Phi) is 6.31. The van der Waals surface area contributed by atoms with Gasteiger partial charge in [-0.15, -0.1) is 0 Å². The minimum Gasteiger partial charge on any atom is -0.349 e. The standard InChI is InChI=1S/C20H35N/c1-15(2)19-14-17(4)21(18(19)5)13-11-9-10-12-16(3)20(6,7)8/h15,19H,3-5,9-14H2,1-2,6-8H3. The van der Waals surface area contributed by atoms with E-state index in [4.69, 9.17) is 0 Å². The van der Waals surface area contributed by atoms with Crippen LogP contribution in [0.5, 0.6) is 0 Å². The van der Waals surface area contributed by atoms with Crippen LogP contribution in [0.1, 0.15) is 66.7 Å². The summed E-state index contributed by atoms with van der Waals surface area (Å²) >= 11 is 0. The van der Waals surface area contributed by atoms with Crippen LogP contribution in [-0.4, -0.2) is 11.4 Å². The number of likely N-dealkylation sites (tertiary alicyclic amines) is 1. The van der Waals surface area contributed by atoms with E-state index in [0.29, 0.717) is 11.8 Å². The van der Waals surface area contributed by atoms with E-state index < -0.39 is 0 Å². The molecule has 0 aliphatic carbocycles. The molecular formula is C20H35N. The predicted octanol–water partition coefficient (Wildman–Crippen LogP) is 6.15. The summed E-state index contributed by atoms with van der Waals surface area (Å²) in [6.45, 7) is 25.1. The van der Waals surface area contributed by atoms with Crippen molar-refractivity contribution in [3.63, 3.8) is 0 Å². The molecule has 1 aliphatic rings. The molecule has 1 atom stereocenters. The van der Waals surface area contributed by atoms with Crippen LogP contribution in [-0.2, 0) is 0 Å². The molecule has 1 nitrogen and oxygen atoms in total. The van der Waals surface area contributed by atoms with E-state index in [2.05, 4.69) is 59.3 Å². The van der Waals surface area contributed by atoms with Crippen molar-refractivity contribution in [2.24, 2.45) is 17.3 Å². The Balaban J connectivity index is 2.29. The molecule has 1 heteroatoms. The first kappa shape index (κ1) is 18.1. The van der Waals surface area contributed by atoms with Crippen LogP contribution in [0.4, 0.5) is 0 Å². The summed E-state index contributed by atoms with van der Waals surface area (Å²) in [5, 5.41) is 0. The van der Waals surface area contributed by atoms with Gasteiger partial charge in [0.15, 0.2) is 0 Å². The summed E-state index contributed by atoms with van der Waals surface area (Å²) in [5.41, 5.74) is 4.17. The zero-order chi connectivity index (χ0) is 16.2. The predicted molar refractivity (Wildman–Crippen MR) is 95.0 cm³/mol. The van der Waals surface area contributed by atoms with Gasteiger partial charge in [-0.1, -0.05) is 66.3 Å². The molecule has 0 amide bonds. The van der Waals surface area contributed by atoms with Gasteiger partial charge < -0.3 is 4.90 Å². The lowest BCUT2D eigenvalue weighted by atomic mass is 9.84. The van der Waals surface area contributed by atoms with Gasteiger partial charge in [0.25, 0.3) is 0 Å². The quantitative estimate of drug-likeness (QED) is 0.401. The molecule has 0 radical (unpaired) electrons. The summed E-state index contributed by atoms with van der Waals surface area (Å²) in [6, 6.07) is 0. The van der Waals surface area contributed by atoms with Crippen molar-refractivity contribution in [3.8, 4) is 0 Å². The second-order valence-corrected chi connectivity index (χ2v) is 7.93. The maximum Gasteiger partial charge on any atom is 0.0224 e. The Morgan fingerprint density at radius 3 is 2.29 bits per heavy atom. The van der Waals surface area contributed by atoms with Gasteiger partial charge in [0.2, 0.25) is 0 Å². The highest BCUT2D eigenvalue weighted by Gasteiger charge is 2.30. The third-order valence-corrected chi connectivity index (χ3v) is 4.84. The monoisotopic (exact) mass is 289 g/mol. The lowest BCUT2D eigenvalue weighted by Gasteiger charge is -2.24. The van der Waals surface area contributed by atoms with Gasteiger partial charge in [-0.05, 0) is 37.0 Å². The minimum atomic E-state index is 0.252. The van der Waals surface area contributed by atoms with Crippen LogP contribution in [0.25, 0.3) is 0 Å². The van der Waals surface area contributed by atoms with Crippen molar-refractivity contribution in [2.45, 2.75) is 66.7 Å². The maximum absolute atomic E-state index is 4.30. The van der Waals surface area contributed by atoms with Gasteiger partial charge in [0.1, 0.15) is 0 Å². The Hall–Kier alpha value is -0.980. The molecule has 1 fully saturated rings. The molecule has 0 aromatic carbocycles. The Morgan fingerprint density at radius 1 is 1.19 bits per heavy atom. The fourth-order valence-corrected chi connectivity index (χ4v) is 2.97. The van der Waals surface area contributed by atoms with Crippen molar-refractivity contribution >= 4 is 0 Å². The van der Waals surface area contributed by atoms with Crippen molar-refractivity contribution in [2.75, 3.05) is 6.54 Å². The van der Waals surface area contributed by atoms with Crippen LogP contribution in [0.3, 0.4) is 0 Å².